The topological polar surface area (TPSA) is 36.9 Å². The number of hydrogen-bond donors (Lipinski definition) is 0. The molecule has 0 unspecified atom stereocenters. The van der Waals surface area contributed by atoms with Crippen LogP contribution in [0.15, 0.2) is 97.1 Å². The molecule has 2 aliphatic heterocycles. The summed E-state index contributed by atoms with van der Waals surface area (Å²) in [5, 5.41) is 3.85. The summed E-state index contributed by atoms with van der Waals surface area (Å²) >= 11 is 19.6. The molecule has 2 aliphatic rings. The van der Waals surface area contributed by atoms with E-state index in [1.54, 1.807) is 28.4 Å². The minimum Gasteiger partial charge on any atom is -0.497 e. The van der Waals surface area contributed by atoms with Crippen LogP contribution in [0, 0.1) is 0 Å². The molecular weight excluding hydrogens is 698 g/mol. The van der Waals surface area contributed by atoms with Crippen molar-refractivity contribution in [3.8, 4) is 23.0 Å². The summed E-state index contributed by atoms with van der Waals surface area (Å²) in [4.78, 5) is 0. The molecule has 0 radical (unpaired) electrons. The van der Waals surface area contributed by atoms with Gasteiger partial charge < -0.3 is 18.9 Å². The summed E-state index contributed by atoms with van der Waals surface area (Å²) in [6.07, 6.45) is -0.138. The molecule has 2 fully saturated rings. The first kappa shape index (κ1) is 32.6. The van der Waals surface area contributed by atoms with Crippen molar-refractivity contribution in [2.75, 3.05) is 28.4 Å². The molecule has 0 atom stereocenters. The molecular formula is C29H29O4P3S6. The highest BCUT2D eigenvalue weighted by Gasteiger charge is 2.45. The van der Waals surface area contributed by atoms with Crippen LogP contribution in [0.4, 0.5) is 0 Å². The molecule has 4 aromatic carbocycles. The second kappa shape index (κ2) is 14.5. The van der Waals surface area contributed by atoms with E-state index in [1.807, 2.05) is 70.5 Å². The van der Waals surface area contributed by atoms with Gasteiger partial charge in [0, 0.05) is 16.9 Å². The van der Waals surface area contributed by atoms with E-state index in [9.17, 15) is 0 Å². The van der Waals surface area contributed by atoms with Gasteiger partial charge in [0.05, 0.1) is 41.9 Å². The Hall–Kier alpha value is -0.790. The maximum Gasteiger partial charge on any atom is 0.118 e. The average Bonchev–Trinajstić information content (AvgIpc) is 3.00. The van der Waals surface area contributed by atoms with Crippen LogP contribution in [0.5, 0.6) is 23.0 Å². The molecule has 0 saturated carbocycles. The maximum absolute atomic E-state index is 5.91. The molecule has 42 heavy (non-hydrogen) atoms. The lowest BCUT2D eigenvalue weighted by Crippen LogP contribution is -2.09. The van der Waals surface area contributed by atoms with Crippen molar-refractivity contribution in [1.29, 1.82) is 0 Å². The molecule has 0 spiro atoms. The molecule has 0 amide bonds. The number of hydrogen-bond acceptors (Lipinski definition) is 10. The summed E-state index contributed by atoms with van der Waals surface area (Å²) in [6, 6.07) is 33.0. The minimum atomic E-state index is -1.66. The molecule has 0 N–H and O–H groups in total. The fraction of sp³-hybridized carbons (Fsp3) is 0.172. The Balaban J connectivity index is 0.000000169. The van der Waals surface area contributed by atoms with Gasteiger partial charge in [-0.15, -0.1) is 0 Å². The number of ether oxygens (including phenoxy) is 4. The van der Waals surface area contributed by atoms with Crippen molar-refractivity contribution >= 4 is 99.5 Å². The van der Waals surface area contributed by atoms with E-state index in [2.05, 4.69) is 71.3 Å². The standard InChI is InChI=1S/C15H15O2PS2.C14H14O2P2S4/c1-16-12-5-3-11(4-6-12)15-19-18(20-15)14-9-7-13(17-2)8-10-14;1-15-11-3-7-13(8-4-11)17(19)21-18(20,22-17)14-9-5-12(16-2)6-10-14/h3-10,15H,1-2H3;3-10H,1-2H3. The smallest absolute Gasteiger partial charge is 0.118 e. The van der Waals surface area contributed by atoms with Gasteiger partial charge in [0.15, 0.2) is 0 Å². The van der Waals surface area contributed by atoms with Crippen molar-refractivity contribution in [1.82, 2.24) is 0 Å². The number of methoxy groups -OCH3 is 4. The third kappa shape index (κ3) is 7.53. The highest BCUT2D eigenvalue weighted by atomic mass is 33.7. The van der Waals surface area contributed by atoms with Crippen LogP contribution >= 0.6 is 60.0 Å². The van der Waals surface area contributed by atoms with Crippen LogP contribution in [-0.4, -0.2) is 28.4 Å². The van der Waals surface area contributed by atoms with E-state index in [4.69, 9.17) is 42.6 Å². The molecule has 2 saturated heterocycles. The largest absolute Gasteiger partial charge is 0.497 e. The van der Waals surface area contributed by atoms with Crippen LogP contribution in [0.25, 0.3) is 0 Å². The van der Waals surface area contributed by atoms with Gasteiger partial charge in [-0.25, -0.2) is 0 Å². The maximum atomic E-state index is 5.91. The summed E-state index contributed by atoms with van der Waals surface area (Å²) in [5.74, 6) is 3.55. The van der Waals surface area contributed by atoms with Crippen molar-refractivity contribution in [3.63, 3.8) is 0 Å². The van der Waals surface area contributed by atoms with Crippen molar-refractivity contribution in [2.45, 2.75) is 4.58 Å². The molecule has 220 valence electrons. The fourth-order valence-corrected chi connectivity index (χ4v) is 53.3. The van der Waals surface area contributed by atoms with E-state index in [0.29, 0.717) is 4.58 Å². The van der Waals surface area contributed by atoms with Gasteiger partial charge in [-0.1, -0.05) is 80.5 Å². The normalized spacial score (nSPS) is 24.2. The first-order valence-electron chi connectivity index (χ1n) is 12.6. The van der Waals surface area contributed by atoms with Crippen molar-refractivity contribution in [3.05, 3.63) is 103 Å². The predicted octanol–water partition coefficient (Wildman–Crippen LogP) is 9.57. The van der Waals surface area contributed by atoms with E-state index >= 15 is 0 Å². The molecule has 2 heterocycles. The Morgan fingerprint density at radius 2 is 0.857 bits per heavy atom. The van der Waals surface area contributed by atoms with Crippen LogP contribution in [0.1, 0.15) is 10.1 Å². The van der Waals surface area contributed by atoms with Gasteiger partial charge >= 0.3 is 0 Å². The van der Waals surface area contributed by atoms with Gasteiger partial charge in [-0.3, -0.25) is 0 Å². The Morgan fingerprint density at radius 3 is 1.21 bits per heavy atom. The van der Waals surface area contributed by atoms with Crippen molar-refractivity contribution in [2.24, 2.45) is 0 Å². The first-order chi connectivity index (χ1) is 20.3. The third-order valence-corrected chi connectivity index (χ3v) is 46.2. The molecule has 0 aromatic heterocycles. The highest BCUT2D eigenvalue weighted by Crippen LogP contribution is 3.04. The SMILES string of the molecule is COc1ccc(C2SP(c3ccc(OC)cc3)S2)cc1.COc1ccc(P2(=S)SP(=S)(c3ccc(OC)cc3)S2)cc1. The summed E-state index contributed by atoms with van der Waals surface area (Å²) in [6.45, 7) is 0. The third-order valence-electron chi connectivity index (χ3n) is 6.26. The van der Waals surface area contributed by atoms with Crippen LogP contribution in [0.2, 0.25) is 0 Å². The lowest BCUT2D eigenvalue weighted by Gasteiger charge is -2.40. The second-order valence-electron chi connectivity index (χ2n) is 8.83. The number of benzene rings is 4. The zero-order valence-electron chi connectivity index (χ0n) is 23.2. The van der Waals surface area contributed by atoms with E-state index in [-0.39, 0.29) is 6.33 Å². The average molecular weight is 727 g/mol. The van der Waals surface area contributed by atoms with Gasteiger partial charge in [-0.2, -0.15) is 0 Å². The molecule has 4 nitrogen and oxygen atoms in total. The van der Waals surface area contributed by atoms with E-state index in [0.717, 1.165) is 23.0 Å². The zero-order chi connectivity index (χ0) is 29.7. The van der Waals surface area contributed by atoms with E-state index in [1.165, 1.54) is 21.5 Å². The number of rotatable bonds is 8. The second-order valence-corrected chi connectivity index (χ2v) is 37.0. The Kier molecular flexibility index (Phi) is 11.3. The lowest BCUT2D eigenvalue weighted by atomic mass is 10.2. The van der Waals surface area contributed by atoms with Crippen LogP contribution < -0.4 is 34.9 Å². The van der Waals surface area contributed by atoms with Gasteiger partial charge in [0.1, 0.15) is 23.0 Å². The van der Waals surface area contributed by atoms with Crippen LogP contribution in [-0.2, 0) is 23.6 Å². The van der Waals surface area contributed by atoms with Crippen LogP contribution in [0.3, 0.4) is 0 Å². The molecule has 6 rings (SSSR count). The monoisotopic (exact) mass is 726 g/mol. The zero-order valence-corrected chi connectivity index (χ0v) is 30.8. The molecule has 4 aromatic rings. The fourth-order valence-electron chi connectivity index (χ4n) is 3.90. The summed E-state index contributed by atoms with van der Waals surface area (Å²) < 4.78 is 18.0. The molecule has 0 bridgehead atoms. The lowest BCUT2D eigenvalue weighted by molar-refractivity contribution is 0.414. The Bertz CT molecular complexity index is 1450. The first-order valence-corrected chi connectivity index (χ1v) is 26.6. The Labute approximate surface area is 275 Å². The predicted molar refractivity (Wildman–Crippen MR) is 199 cm³/mol. The molecule has 13 heteroatoms. The van der Waals surface area contributed by atoms with Gasteiger partial charge in [0.25, 0.3) is 0 Å². The summed E-state index contributed by atoms with van der Waals surface area (Å²) in [5.41, 5.74) is 1.37. The minimum absolute atomic E-state index is 0.138. The van der Waals surface area contributed by atoms with Gasteiger partial charge in [0.2, 0.25) is 0 Å². The summed E-state index contributed by atoms with van der Waals surface area (Å²) in [7, 11) is 6.74. The molecule has 0 aliphatic carbocycles. The van der Waals surface area contributed by atoms with Gasteiger partial charge in [-0.05, 0) is 95.8 Å². The van der Waals surface area contributed by atoms with Crippen molar-refractivity contribution < 1.29 is 18.9 Å². The quantitative estimate of drug-likeness (QED) is 0.164. The van der Waals surface area contributed by atoms with E-state index < -0.39 is 8.88 Å². The highest BCUT2D eigenvalue weighted by molar-refractivity contribution is 9.48. The Morgan fingerprint density at radius 1 is 0.524 bits per heavy atom.